The van der Waals surface area contributed by atoms with Gasteiger partial charge in [0.2, 0.25) is 5.91 Å². The Morgan fingerprint density at radius 1 is 1.17 bits per heavy atom. The number of halogens is 1. The van der Waals surface area contributed by atoms with Crippen molar-refractivity contribution in [3.05, 3.63) is 35.6 Å². The van der Waals surface area contributed by atoms with E-state index in [0.29, 0.717) is 44.6 Å². The van der Waals surface area contributed by atoms with E-state index in [2.05, 4.69) is 0 Å². The van der Waals surface area contributed by atoms with Crippen molar-refractivity contribution < 1.29 is 14.0 Å². The number of carbonyl (C=O) groups is 2. The molecule has 2 N–H and O–H groups in total. The Balaban J connectivity index is 1.93. The van der Waals surface area contributed by atoms with E-state index in [1.807, 2.05) is 6.26 Å². The summed E-state index contributed by atoms with van der Waals surface area (Å²) in [6, 6.07) is 5.07. The van der Waals surface area contributed by atoms with Crippen LogP contribution < -0.4 is 5.73 Å². The average Bonchev–Trinajstić information content (AvgIpc) is 2.85. The molecule has 1 aromatic rings. The molecule has 132 valence electrons. The monoisotopic (exact) mass is 353 g/mol. The van der Waals surface area contributed by atoms with Crippen molar-refractivity contribution in [2.75, 3.05) is 38.2 Å². The lowest BCUT2D eigenvalue weighted by atomic mass is 10.2. The number of carbonyl (C=O) groups excluding carboxylic acids is 2. The second-order valence-electron chi connectivity index (χ2n) is 5.87. The van der Waals surface area contributed by atoms with Gasteiger partial charge < -0.3 is 15.5 Å². The van der Waals surface area contributed by atoms with Crippen LogP contribution in [0.15, 0.2) is 24.3 Å². The van der Waals surface area contributed by atoms with Gasteiger partial charge in [0, 0.05) is 31.7 Å². The molecule has 24 heavy (non-hydrogen) atoms. The van der Waals surface area contributed by atoms with Crippen LogP contribution in [-0.4, -0.2) is 65.8 Å². The molecular weight excluding hydrogens is 329 g/mol. The molecule has 5 nitrogen and oxygen atoms in total. The number of hydrogen-bond acceptors (Lipinski definition) is 4. The molecule has 1 aliphatic rings. The van der Waals surface area contributed by atoms with Crippen LogP contribution >= 0.6 is 11.8 Å². The minimum Gasteiger partial charge on any atom is -0.340 e. The summed E-state index contributed by atoms with van der Waals surface area (Å²) in [5, 5.41) is 0. The predicted molar refractivity (Wildman–Crippen MR) is 94.5 cm³/mol. The molecule has 1 saturated heterocycles. The first-order valence-electron chi connectivity index (χ1n) is 8.11. The largest absolute Gasteiger partial charge is 0.340 e. The standard InChI is InChI=1S/C17H24FN3O2S/c1-24-12-7-15(19)17(23)21-9-2-8-20(10-11-21)16(22)13-3-5-14(18)6-4-13/h3-6,15H,2,7-12,19H2,1H3/t15-/m0/s1. The zero-order chi connectivity index (χ0) is 17.5. The summed E-state index contributed by atoms with van der Waals surface area (Å²) >= 11 is 1.67. The van der Waals surface area contributed by atoms with Gasteiger partial charge in [-0.2, -0.15) is 11.8 Å². The summed E-state index contributed by atoms with van der Waals surface area (Å²) in [6.07, 6.45) is 3.37. The maximum atomic E-state index is 13.0. The third-order valence-corrected chi connectivity index (χ3v) is 4.78. The van der Waals surface area contributed by atoms with Crippen molar-refractivity contribution in [1.29, 1.82) is 0 Å². The van der Waals surface area contributed by atoms with Crippen molar-refractivity contribution in [1.82, 2.24) is 9.80 Å². The highest BCUT2D eigenvalue weighted by molar-refractivity contribution is 7.98. The first kappa shape index (κ1) is 18.7. The molecule has 0 bridgehead atoms. The lowest BCUT2D eigenvalue weighted by Crippen LogP contribution is -2.45. The minimum absolute atomic E-state index is 0.0415. The zero-order valence-electron chi connectivity index (χ0n) is 13.9. The summed E-state index contributed by atoms with van der Waals surface area (Å²) in [5.41, 5.74) is 6.43. The van der Waals surface area contributed by atoms with Crippen LogP contribution in [0.2, 0.25) is 0 Å². The van der Waals surface area contributed by atoms with Gasteiger partial charge in [-0.15, -0.1) is 0 Å². The molecule has 0 aliphatic carbocycles. The second-order valence-corrected chi connectivity index (χ2v) is 6.85. The van der Waals surface area contributed by atoms with Crippen molar-refractivity contribution in [2.45, 2.75) is 18.9 Å². The summed E-state index contributed by atoms with van der Waals surface area (Å²) in [5.74, 6) is 0.324. The molecule has 0 unspecified atom stereocenters. The number of nitrogens with zero attached hydrogens (tertiary/aromatic N) is 2. The second kappa shape index (κ2) is 9.03. The Hall–Kier alpha value is -1.60. The van der Waals surface area contributed by atoms with Gasteiger partial charge in [-0.1, -0.05) is 0 Å². The number of amides is 2. The number of hydrogen-bond donors (Lipinski definition) is 1. The molecule has 7 heteroatoms. The Morgan fingerprint density at radius 2 is 1.79 bits per heavy atom. The van der Waals surface area contributed by atoms with Crippen molar-refractivity contribution in [3.8, 4) is 0 Å². The van der Waals surface area contributed by atoms with Crippen LogP contribution in [-0.2, 0) is 4.79 Å². The summed E-state index contributed by atoms with van der Waals surface area (Å²) < 4.78 is 13.0. The maximum absolute atomic E-state index is 13.0. The van der Waals surface area contributed by atoms with Gasteiger partial charge in [0.25, 0.3) is 5.91 Å². The summed E-state index contributed by atoms with van der Waals surface area (Å²) in [7, 11) is 0. The molecule has 1 aliphatic heterocycles. The van der Waals surface area contributed by atoms with Gasteiger partial charge in [-0.3, -0.25) is 9.59 Å². The zero-order valence-corrected chi connectivity index (χ0v) is 14.7. The molecule has 0 aromatic heterocycles. The highest BCUT2D eigenvalue weighted by Crippen LogP contribution is 2.12. The van der Waals surface area contributed by atoms with Crippen LogP contribution in [0.3, 0.4) is 0 Å². The third-order valence-electron chi connectivity index (χ3n) is 4.14. The van der Waals surface area contributed by atoms with Gasteiger partial charge in [0.1, 0.15) is 5.82 Å². The van der Waals surface area contributed by atoms with Crippen LogP contribution in [0.5, 0.6) is 0 Å². The first-order valence-corrected chi connectivity index (χ1v) is 9.50. The molecule has 2 amide bonds. The normalized spacial score (nSPS) is 16.6. The van der Waals surface area contributed by atoms with Crippen molar-refractivity contribution in [2.24, 2.45) is 5.73 Å². The van der Waals surface area contributed by atoms with Gasteiger partial charge >= 0.3 is 0 Å². The predicted octanol–water partition coefficient (Wildman–Crippen LogP) is 1.58. The summed E-state index contributed by atoms with van der Waals surface area (Å²) in [4.78, 5) is 28.3. The molecule has 1 fully saturated rings. The smallest absolute Gasteiger partial charge is 0.253 e. The number of nitrogens with two attached hydrogens (primary N) is 1. The maximum Gasteiger partial charge on any atom is 0.253 e. The topological polar surface area (TPSA) is 66.6 Å². The van der Waals surface area contributed by atoms with Crippen LogP contribution in [0.4, 0.5) is 4.39 Å². The van der Waals surface area contributed by atoms with Crippen LogP contribution in [0, 0.1) is 5.82 Å². The molecule has 1 heterocycles. The lowest BCUT2D eigenvalue weighted by molar-refractivity contribution is -0.132. The molecule has 1 aromatic carbocycles. The Labute approximate surface area is 146 Å². The quantitative estimate of drug-likeness (QED) is 0.873. The van der Waals surface area contributed by atoms with Crippen molar-refractivity contribution in [3.63, 3.8) is 0 Å². The average molecular weight is 353 g/mol. The van der Waals surface area contributed by atoms with Crippen LogP contribution in [0.1, 0.15) is 23.2 Å². The fourth-order valence-electron chi connectivity index (χ4n) is 2.72. The van der Waals surface area contributed by atoms with E-state index < -0.39 is 6.04 Å². The highest BCUT2D eigenvalue weighted by atomic mass is 32.2. The number of benzene rings is 1. The number of rotatable bonds is 5. The van der Waals surface area contributed by atoms with E-state index >= 15 is 0 Å². The Kier molecular flexibility index (Phi) is 7.05. The van der Waals surface area contributed by atoms with E-state index in [4.69, 9.17) is 5.73 Å². The SMILES string of the molecule is CSCC[C@H](N)C(=O)N1CCCN(C(=O)c2ccc(F)cc2)CC1. The minimum atomic E-state index is -0.475. The van der Waals surface area contributed by atoms with E-state index in [9.17, 15) is 14.0 Å². The first-order chi connectivity index (χ1) is 11.5. The molecular formula is C17H24FN3O2S. The third kappa shape index (κ3) is 4.95. The van der Waals surface area contributed by atoms with Gasteiger partial charge in [-0.25, -0.2) is 4.39 Å². The van der Waals surface area contributed by atoms with Gasteiger partial charge in [-0.05, 0) is 49.1 Å². The van der Waals surface area contributed by atoms with E-state index in [1.54, 1.807) is 21.6 Å². The fourth-order valence-corrected chi connectivity index (χ4v) is 3.21. The molecule has 0 saturated carbocycles. The van der Waals surface area contributed by atoms with Crippen molar-refractivity contribution >= 4 is 23.6 Å². The van der Waals surface area contributed by atoms with E-state index in [-0.39, 0.29) is 17.6 Å². The fraction of sp³-hybridized carbons (Fsp3) is 0.529. The van der Waals surface area contributed by atoms with E-state index in [0.717, 1.165) is 5.75 Å². The van der Waals surface area contributed by atoms with Gasteiger partial charge in [0.15, 0.2) is 0 Å². The molecule has 0 radical (unpaired) electrons. The Bertz CT molecular complexity index is 567. The van der Waals surface area contributed by atoms with Crippen LogP contribution in [0.25, 0.3) is 0 Å². The highest BCUT2D eigenvalue weighted by Gasteiger charge is 2.25. The summed E-state index contributed by atoms with van der Waals surface area (Å²) in [6.45, 7) is 2.15. The number of thioether (sulfide) groups is 1. The lowest BCUT2D eigenvalue weighted by Gasteiger charge is -2.24. The molecule has 2 rings (SSSR count). The molecule has 1 atom stereocenters. The Morgan fingerprint density at radius 3 is 2.46 bits per heavy atom. The van der Waals surface area contributed by atoms with Gasteiger partial charge in [0.05, 0.1) is 6.04 Å². The van der Waals surface area contributed by atoms with E-state index in [1.165, 1.54) is 24.3 Å². The molecule has 0 spiro atoms.